The molecule has 1 atom stereocenters. The molecule has 1 aliphatic rings. The van der Waals surface area contributed by atoms with Gasteiger partial charge in [0.2, 0.25) is 0 Å². The van der Waals surface area contributed by atoms with Crippen molar-refractivity contribution in [2.75, 3.05) is 20.8 Å². The molecule has 136 valence electrons. The molecule has 0 radical (unpaired) electrons. The van der Waals surface area contributed by atoms with Crippen LogP contribution in [0.1, 0.15) is 32.4 Å². The van der Waals surface area contributed by atoms with E-state index >= 15 is 0 Å². The van der Waals surface area contributed by atoms with Crippen LogP contribution in [0, 0.1) is 5.92 Å². The molecule has 0 aliphatic carbocycles. The largest absolute Gasteiger partial charge is 0.493 e. The number of allylic oxidation sites excluding steroid dienone is 1. The summed E-state index contributed by atoms with van der Waals surface area (Å²) in [5.41, 5.74) is 1.98. The standard InChI is InChI=1S/C18H24N2O4S/c1-10(2)9-24-13-7-6-12(8-14(13)22-4)16-15(17(21)23-5)11(3)19-18(25)20-16/h6-8,10,16H,9H2,1-5H3,(H2,19,20,25)/t16-/m0/s1. The quantitative estimate of drug-likeness (QED) is 0.594. The number of nitrogens with one attached hydrogen (secondary N) is 2. The highest BCUT2D eigenvalue weighted by Crippen LogP contribution is 2.34. The molecule has 1 aromatic rings. The first-order valence-corrected chi connectivity index (χ1v) is 8.45. The van der Waals surface area contributed by atoms with Gasteiger partial charge in [0.1, 0.15) is 0 Å². The fourth-order valence-corrected chi connectivity index (χ4v) is 2.83. The Hall–Kier alpha value is -2.28. The van der Waals surface area contributed by atoms with Crippen LogP contribution in [0.25, 0.3) is 0 Å². The fourth-order valence-electron chi connectivity index (χ4n) is 2.56. The minimum absolute atomic E-state index is 0.407. The number of hydrogen-bond acceptors (Lipinski definition) is 5. The van der Waals surface area contributed by atoms with E-state index in [1.807, 2.05) is 18.2 Å². The number of carbonyl (C=O) groups excluding carboxylic acids is 1. The molecule has 2 rings (SSSR count). The minimum Gasteiger partial charge on any atom is -0.493 e. The molecule has 1 aliphatic heterocycles. The van der Waals surface area contributed by atoms with E-state index in [2.05, 4.69) is 24.5 Å². The first-order valence-electron chi connectivity index (χ1n) is 8.04. The van der Waals surface area contributed by atoms with Gasteiger partial charge in [0.15, 0.2) is 16.6 Å². The van der Waals surface area contributed by atoms with Gasteiger partial charge >= 0.3 is 5.97 Å². The normalized spacial score (nSPS) is 17.0. The number of benzene rings is 1. The van der Waals surface area contributed by atoms with E-state index < -0.39 is 12.0 Å². The number of carbonyl (C=O) groups is 1. The van der Waals surface area contributed by atoms with Crippen molar-refractivity contribution in [1.29, 1.82) is 0 Å². The summed E-state index contributed by atoms with van der Waals surface area (Å²) in [5.74, 6) is 1.26. The first-order chi connectivity index (χ1) is 11.9. The highest BCUT2D eigenvalue weighted by Gasteiger charge is 2.31. The van der Waals surface area contributed by atoms with Gasteiger partial charge in [0.05, 0.1) is 32.4 Å². The molecule has 0 aromatic heterocycles. The molecular weight excluding hydrogens is 340 g/mol. The Morgan fingerprint density at radius 2 is 2.00 bits per heavy atom. The minimum atomic E-state index is -0.422. The monoisotopic (exact) mass is 364 g/mol. The van der Waals surface area contributed by atoms with Crippen LogP contribution < -0.4 is 20.1 Å². The van der Waals surface area contributed by atoms with Gasteiger partial charge in [0, 0.05) is 5.70 Å². The van der Waals surface area contributed by atoms with E-state index in [0.29, 0.717) is 40.4 Å². The maximum atomic E-state index is 12.2. The lowest BCUT2D eigenvalue weighted by atomic mass is 9.95. The predicted octanol–water partition coefficient (Wildman–Crippen LogP) is 2.70. The predicted molar refractivity (Wildman–Crippen MR) is 99.7 cm³/mol. The molecule has 0 saturated carbocycles. The van der Waals surface area contributed by atoms with Crippen LogP contribution in [0.4, 0.5) is 0 Å². The number of esters is 1. The van der Waals surface area contributed by atoms with Crippen molar-refractivity contribution in [2.45, 2.75) is 26.8 Å². The van der Waals surface area contributed by atoms with E-state index in [4.69, 9.17) is 26.4 Å². The van der Waals surface area contributed by atoms with Crippen molar-refractivity contribution in [3.8, 4) is 11.5 Å². The molecule has 25 heavy (non-hydrogen) atoms. The third kappa shape index (κ3) is 4.42. The second-order valence-corrected chi connectivity index (χ2v) is 6.59. The van der Waals surface area contributed by atoms with E-state index in [0.717, 1.165) is 5.56 Å². The average Bonchev–Trinajstić information content (AvgIpc) is 2.58. The summed E-state index contributed by atoms with van der Waals surface area (Å²) in [6.07, 6.45) is 0. The van der Waals surface area contributed by atoms with Gasteiger partial charge in [0.25, 0.3) is 0 Å². The van der Waals surface area contributed by atoms with Crippen LogP contribution in [0.15, 0.2) is 29.5 Å². The van der Waals surface area contributed by atoms with Crippen molar-refractivity contribution < 1.29 is 19.0 Å². The van der Waals surface area contributed by atoms with Crippen LogP contribution in [0.5, 0.6) is 11.5 Å². The second-order valence-electron chi connectivity index (χ2n) is 6.18. The molecule has 0 fully saturated rings. The van der Waals surface area contributed by atoms with Crippen LogP contribution >= 0.6 is 12.2 Å². The maximum Gasteiger partial charge on any atom is 0.337 e. The summed E-state index contributed by atoms with van der Waals surface area (Å²) in [5, 5.41) is 6.53. The summed E-state index contributed by atoms with van der Waals surface area (Å²) in [7, 11) is 2.94. The summed E-state index contributed by atoms with van der Waals surface area (Å²) >= 11 is 5.23. The zero-order chi connectivity index (χ0) is 18.6. The van der Waals surface area contributed by atoms with Crippen molar-refractivity contribution >= 4 is 23.3 Å². The topological polar surface area (TPSA) is 68.8 Å². The van der Waals surface area contributed by atoms with E-state index in [1.54, 1.807) is 14.0 Å². The van der Waals surface area contributed by atoms with Crippen molar-refractivity contribution in [2.24, 2.45) is 5.92 Å². The third-order valence-corrected chi connectivity index (χ3v) is 3.99. The lowest BCUT2D eigenvalue weighted by Gasteiger charge is -2.30. The van der Waals surface area contributed by atoms with Crippen molar-refractivity contribution in [3.05, 3.63) is 35.0 Å². The number of methoxy groups -OCH3 is 2. The van der Waals surface area contributed by atoms with Crippen LogP contribution in [-0.2, 0) is 9.53 Å². The summed E-state index contributed by atoms with van der Waals surface area (Å²) in [6, 6.07) is 5.15. The van der Waals surface area contributed by atoms with Gasteiger partial charge in [-0.05, 0) is 42.8 Å². The Morgan fingerprint density at radius 3 is 2.60 bits per heavy atom. The number of ether oxygens (including phenoxy) is 3. The average molecular weight is 364 g/mol. The fraction of sp³-hybridized carbons (Fsp3) is 0.444. The van der Waals surface area contributed by atoms with Gasteiger partial charge in [-0.3, -0.25) is 0 Å². The van der Waals surface area contributed by atoms with Gasteiger partial charge in [-0.25, -0.2) is 4.79 Å². The second kappa shape index (κ2) is 8.20. The highest BCUT2D eigenvalue weighted by atomic mass is 32.1. The van der Waals surface area contributed by atoms with Crippen molar-refractivity contribution in [1.82, 2.24) is 10.6 Å². The Morgan fingerprint density at radius 1 is 1.28 bits per heavy atom. The lowest BCUT2D eigenvalue weighted by molar-refractivity contribution is -0.136. The third-order valence-electron chi connectivity index (χ3n) is 3.77. The number of thiocarbonyl (C=S) groups is 1. The van der Waals surface area contributed by atoms with E-state index in [1.165, 1.54) is 7.11 Å². The molecule has 7 heteroatoms. The molecule has 0 amide bonds. The van der Waals surface area contributed by atoms with Gasteiger partial charge < -0.3 is 24.8 Å². The first kappa shape index (κ1) is 19.1. The van der Waals surface area contributed by atoms with E-state index in [9.17, 15) is 4.79 Å². The molecule has 6 nitrogen and oxygen atoms in total. The summed E-state index contributed by atoms with van der Waals surface area (Å²) < 4.78 is 16.1. The zero-order valence-corrected chi connectivity index (χ0v) is 16.0. The SMILES string of the molecule is COC(=O)C1=C(C)NC(=S)N[C@H]1c1ccc(OCC(C)C)c(OC)c1. The Labute approximate surface area is 153 Å². The maximum absolute atomic E-state index is 12.2. The Bertz CT molecular complexity index is 700. The highest BCUT2D eigenvalue weighted by molar-refractivity contribution is 7.80. The summed E-state index contributed by atoms with van der Waals surface area (Å²) in [6.45, 7) is 6.55. The van der Waals surface area contributed by atoms with Crippen LogP contribution in [0.3, 0.4) is 0 Å². The summed E-state index contributed by atoms with van der Waals surface area (Å²) in [4.78, 5) is 12.2. The zero-order valence-electron chi connectivity index (χ0n) is 15.1. The smallest absolute Gasteiger partial charge is 0.337 e. The molecule has 0 bridgehead atoms. The van der Waals surface area contributed by atoms with Gasteiger partial charge in [-0.1, -0.05) is 19.9 Å². The molecule has 1 aromatic carbocycles. The van der Waals surface area contributed by atoms with Gasteiger partial charge in [-0.15, -0.1) is 0 Å². The molecule has 2 N–H and O–H groups in total. The van der Waals surface area contributed by atoms with Crippen LogP contribution in [-0.4, -0.2) is 31.9 Å². The van der Waals surface area contributed by atoms with Gasteiger partial charge in [-0.2, -0.15) is 0 Å². The van der Waals surface area contributed by atoms with E-state index in [-0.39, 0.29) is 0 Å². The molecule has 1 heterocycles. The molecular formula is C18H24N2O4S. The molecule has 0 spiro atoms. The Kier molecular flexibility index (Phi) is 6.25. The van der Waals surface area contributed by atoms with Crippen LogP contribution in [0.2, 0.25) is 0 Å². The number of rotatable bonds is 6. The number of hydrogen-bond donors (Lipinski definition) is 2. The lowest BCUT2D eigenvalue weighted by Crippen LogP contribution is -2.45. The Balaban J connectivity index is 2.40. The molecule has 0 unspecified atom stereocenters. The molecule has 0 saturated heterocycles. The van der Waals surface area contributed by atoms with Crippen molar-refractivity contribution in [3.63, 3.8) is 0 Å².